The van der Waals surface area contributed by atoms with E-state index in [4.69, 9.17) is 5.73 Å². The molecule has 0 spiro atoms. The number of nitrogens with zero attached hydrogens (tertiary/aromatic N) is 2. The molecule has 1 aliphatic heterocycles. The van der Waals surface area contributed by atoms with Crippen molar-refractivity contribution in [2.75, 3.05) is 19.6 Å². The molecule has 108 valence electrons. The number of amides is 2. The van der Waals surface area contributed by atoms with Gasteiger partial charge >= 0.3 is 0 Å². The standard InChI is InChI=1S/C14H18FN3O2/c1-10(19)18-7-6-17(9-13(18)14(16)20)8-11-2-4-12(15)5-3-11/h2-5,13H,6-9H2,1H3,(H2,16,20)/t13-/m0/s1. The molecule has 1 aromatic carbocycles. The van der Waals surface area contributed by atoms with Gasteiger partial charge in [0.25, 0.3) is 0 Å². The van der Waals surface area contributed by atoms with Crippen LogP contribution in [0.1, 0.15) is 12.5 Å². The highest BCUT2D eigenvalue weighted by Gasteiger charge is 2.32. The normalized spacial score (nSPS) is 19.9. The highest BCUT2D eigenvalue weighted by atomic mass is 19.1. The number of nitrogens with two attached hydrogens (primary N) is 1. The van der Waals surface area contributed by atoms with Crippen molar-refractivity contribution in [2.45, 2.75) is 19.5 Å². The number of carbonyl (C=O) groups is 2. The van der Waals surface area contributed by atoms with Gasteiger partial charge in [0.1, 0.15) is 11.9 Å². The van der Waals surface area contributed by atoms with Gasteiger partial charge in [-0.25, -0.2) is 4.39 Å². The predicted molar refractivity (Wildman–Crippen MR) is 72.0 cm³/mol. The van der Waals surface area contributed by atoms with E-state index in [9.17, 15) is 14.0 Å². The smallest absolute Gasteiger partial charge is 0.241 e. The summed E-state index contributed by atoms with van der Waals surface area (Å²) in [5.41, 5.74) is 6.33. The zero-order chi connectivity index (χ0) is 14.7. The molecule has 2 N–H and O–H groups in total. The lowest BCUT2D eigenvalue weighted by Crippen LogP contribution is -2.59. The summed E-state index contributed by atoms with van der Waals surface area (Å²) >= 11 is 0. The summed E-state index contributed by atoms with van der Waals surface area (Å²) in [5, 5.41) is 0. The van der Waals surface area contributed by atoms with Gasteiger partial charge in [0.15, 0.2) is 0 Å². The number of benzene rings is 1. The number of rotatable bonds is 3. The molecule has 0 unspecified atom stereocenters. The van der Waals surface area contributed by atoms with Crippen molar-refractivity contribution in [3.63, 3.8) is 0 Å². The molecule has 6 heteroatoms. The lowest BCUT2D eigenvalue weighted by Gasteiger charge is -2.39. The third-order valence-electron chi connectivity index (χ3n) is 3.52. The maximum atomic E-state index is 12.9. The van der Waals surface area contributed by atoms with Gasteiger partial charge < -0.3 is 10.6 Å². The van der Waals surface area contributed by atoms with Crippen molar-refractivity contribution in [3.05, 3.63) is 35.6 Å². The van der Waals surface area contributed by atoms with E-state index in [1.807, 2.05) is 4.90 Å². The summed E-state index contributed by atoms with van der Waals surface area (Å²) in [4.78, 5) is 26.5. The molecule has 1 atom stereocenters. The Morgan fingerprint density at radius 3 is 2.50 bits per heavy atom. The summed E-state index contributed by atoms with van der Waals surface area (Å²) < 4.78 is 12.9. The largest absolute Gasteiger partial charge is 0.368 e. The first kappa shape index (κ1) is 14.5. The van der Waals surface area contributed by atoms with Crippen LogP contribution in [-0.2, 0) is 16.1 Å². The Kier molecular flexibility index (Phi) is 4.34. The van der Waals surface area contributed by atoms with Crippen LogP contribution < -0.4 is 5.73 Å². The fraction of sp³-hybridized carbons (Fsp3) is 0.429. The van der Waals surface area contributed by atoms with Crippen LogP contribution >= 0.6 is 0 Å². The molecule has 1 heterocycles. The van der Waals surface area contributed by atoms with Crippen LogP contribution in [0.2, 0.25) is 0 Å². The zero-order valence-electron chi connectivity index (χ0n) is 11.4. The number of hydrogen-bond acceptors (Lipinski definition) is 3. The summed E-state index contributed by atoms with van der Waals surface area (Å²) in [7, 11) is 0. The van der Waals surface area contributed by atoms with E-state index in [0.717, 1.165) is 5.56 Å². The number of hydrogen-bond donors (Lipinski definition) is 1. The molecule has 1 aromatic rings. The highest BCUT2D eigenvalue weighted by molar-refractivity contribution is 5.86. The van der Waals surface area contributed by atoms with Crippen LogP contribution in [-0.4, -0.2) is 47.3 Å². The minimum absolute atomic E-state index is 0.143. The molecule has 0 saturated carbocycles. The summed E-state index contributed by atoms with van der Waals surface area (Å²) in [6, 6.07) is 5.65. The van der Waals surface area contributed by atoms with Crippen LogP contribution in [0.25, 0.3) is 0 Å². The monoisotopic (exact) mass is 279 g/mol. The molecular formula is C14H18FN3O2. The zero-order valence-corrected chi connectivity index (χ0v) is 11.4. The van der Waals surface area contributed by atoms with Crippen LogP contribution in [0.4, 0.5) is 4.39 Å². The van der Waals surface area contributed by atoms with Crippen molar-refractivity contribution < 1.29 is 14.0 Å². The Balaban J connectivity index is 2.03. The van der Waals surface area contributed by atoms with Gasteiger partial charge in [0, 0.05) is 33.1 Å². The first-order chi connectivity index (χ1) is 9.47. The van der Waals surface area contributed by atoms with Gasteiger partial charge in [-0.15, -0.1) is 0 Å². The molecule has 20 heavy (non-hydrogen) atoms. The lowest BCUT2D eigenvalue weighted by atomic mass is 10.1. The second-order valence-corrected chi connectivity index (χ2v) is 4.99. The molecule has 0 aliphatic carbocycles. The highest BCUT2D eigenvalue weighted by Crippen LogP contribution is 2.14. The average Bonchev–Trinajstić information content (AvgIpc) is 2.41. The predicted octanol–water partition coefficient (Wildman–Crippen LogP) is 0.344. The molecule has 1 saturated heterocycles. The minimum Gasteiger partial charge on any atom is -0.368 e. The number of carbonyl (C=O) groups excluding carboxylic acids is 2. The quantitative estimate of drug-likeness (QED) is 0.868. The Morgan fingerprint density at radius 2 is 1.95 bits per heavy atom. The van der Waals surface area contributed by atoms with Crippen LogP contribution in [0.15, 0.2) is 24.3 Å². The first-order valence-electron chi connectivity index (χ1n) is 6.50. The molecule has 0 radical (unpaired) electrons. The third-order valence-corrected chi connectivity index (χ3v) is 3.52. The number of piperazine rings is 1. The molecule has 1 aliphatic rings. The van der Waals surface area contributed by atoms with E-state index < -0.39 is 11.9 Å². The minimum atomic E-state index is -0.596. The molecule has 2 rings (SSSR count). The number of halogens is 1. The fourth-order valence-corrected chi connectivity index (χ4v) is 2.45. The van der Waals surface area contributed by atoms with Gasteiger partial charge in [-0.05, 0) is 17.7 Å². The van der Waals surface area contributed by atoms with Gasteiger partial charge in [-0.3, -0.25) is 14.5 Å². The van der Waals surface area contributed by atoms with Crippen molar-refractivity contribution in [1.29, 1.82) is 0 Å². The van der Waals surface area contributed by atoms with E-state index in [2.05, 4.69) is 0 Å². The summed E-state index contributed by atoms with van der Waals surface area (Å²) in [5.74, 6) is -0.913. The average molecular weight is 279 g/mol. The summed E-state index contributed by atoms with van der Waals surface area (Å²) in [6.45, 7) is 3.60. The van der Waals surface area contributed by atoms with Gasteiger partial charge in [-0.1, -0.05) is 12.1 Å². The first-order valence-corrected chi connectivity index (χ1v) is 6.50. The lowest BCUT2D eigenvalue weighted by molar-refractivity contribution is -0.141. The third kappa shape index (κ3) is 3.33. The van der Waals surface area contributed by atoms with Gasteiger partial charge in [-0.2, -0.15) is 0 Å². The van der Waals surface area contributed by atoms with E-state index in [1.54, 1.807) is 12.1 Å². The summed E-state index contributed by atoms with van der Waals surface area (Å²) in [6.07, 6.45) is 0. The van der Waals surface area contributed by atoms with Crippen LogP contribution in [0, 0.1) is 5.82 Å². The van der Waals surface area contributed by atoms with E-state index in [-0.39, 0.29) is 11.7 Å². The Hall–Kier alpha value is -1.95. The topological polar surface area (TPSA) is 66.6 Å². The Morgan fingerprint density at radius 1 is 1.30 bits per heavy atom. The molecule has 0 aromatic heterocycles. The molecule has 0 bridgehead atoms. The SMILES string of the molecule is CC(=O)N1CCN(Cc2ccc(F)cc2)C[C@H]1C(N)=O. The molecular weight excluding hydrogens is 261 g/mol. The fourth-order valence-electron chi connectivity index (χ4n) is 2.45. The maximum absolute atomic E-state index is 12.9. The number of primary amides is 1. The van der Waals surface area contributed by atoms with E-state index in [0.29, 0.717) is 26.2 Å². The van der Waals surface area contributed by atoms with Crippen molar-refractivity contribution in [2.24, 2.45) is 5.73 Å². The molecule has 5 nitrogen and oxygen atoms in total. The van der Waals surface area contributed by atoms with Crippen molar-refractivity contribution in [3.8, 4) is 0 Å². The Labute approximate surface area is 117 Å². The van der Waals surface area contributed by atoms with Crippen LogP contribution in [0.3, 0.4) is 0 Å². The molecule has 2 amide bonds. The van der Waals surface area contributed by atoms with Gasteiger partial charge in [0.05, 0.1) is 0 Å². The van der Waals surface area contributed by atoms with E-state index in [1.165, 1.54) is 24.0 Å². The van der Waals surface area contributed by atoms with Crippen molar-refractivity contribution in [1.82, 2.24) is 9.80 Å². The van der Waals surface area contributed by atoms with E-state index >= 15 is 0 Å². The Bertz CT molecular complexity index is 504. The van der Waals surface area contributed by atoms with Crippen LogP contribution in [0.5, 0.6) is 0 Å². The molecule has 1 fully saturated rings. The van der Waals surface area contributed by atoms with Crippen molar-refractivity contribution >= 4 is 11.8 Å². The second-order valence-electron chi connectivity index (χ2n) is 4.99. The maximum Gasteiger partial charge on any atom is 0.241 e. The van der Waals surface area contributed by atoms with Gasteiger partial charge in [0.2, 0.25) is 11.8 Å². The second kappa shape index (κ2) is 6.00.